The van der Waals surface area contributed by atoms with E-state index in [9.17, 15) is 27.6 Å². The van der Waals surface area contributed by atoms with Crippen molar-refractivity contribution < 1.29 is 42.5 Å². The van der Waals surface area contributed by atoms with Crippen LogP contribution in [-0.4, -0.2) is 59.5 Å². The van der Waals surface area contributed by atoms with Gasteiger partial charge in [0.1, 0.15) is 12.1 Å². The molecule has 0 atom stereocenters. The average Bonchev–Trinajstić information content (AvgIpc) is 2.76. The first-order chi connectivity index (χ1) is 15.5. The number of anilines is 2. The Morgan fingerprint density at radius 1 is 0.939 bits per heavy atom. The summed E-state index contributed by atoms with van der Waals surface area (Å²) in [5.74, 6) is -5.06. The summed E-state index contributed by atoms with van der Waals surface area (Å²) in [6.45, 7) is 0. The normalized spacial score (nSPS) is 11.3. The zero-order valence-corrected chi connectivity index (χ0v) is 17.6. The molecule has 0 bridgehead atoms. The lowest BCUT2D eigenvalue weighted by Crippen LogP contribution is -2.34. The van der Waals surface area contributed by atoms with Gasteiger partial charge in [-0.3, -0.25) is 14.3 Å². The van der Waals surface area contributed by atoms with Crippen LogP contribution in [0.2, 0.25) is 0 Å². The number of hydrogen-bond acceptors (Lipinski definition) is 9. The zero-order chi connectivity index (χ0) is 24.6. The van der Waals surface area contributed by atoms with Crippen molar-refractivity contribution >= 4 is 45.3 Å². The van der Waals surface area contributed by atoms with Gasteiger partial charge >= 0.3 is 11.9 Å². The van der Waals surface area contributed by atoms with Gasteiger partial charge in [-0.2, -0.15) is 0 Å². The molecule has 172 valence electrons. The number of hydrogen-bond donors (Lipinski definition) is 3. The Morgan fingerprint density at radius 3 is 1.97 bits per heavy atom. The number of benzene rings is 1. The molecule has 0 spiro atoms. The number of aromatic nitrogens is 2. The van der Waals surface area contributed by atoms with Crippen molar-refractivity contribution in [3.05, 3.63) is 61.0 Å². The van der Waals surface area contributed by atoms with E-state index < -0.39 is 33.8 Å². The Morgan fingerprint density at radius 2 is 1.48 bits per heavy atom. The lowest BCUT2D eigenvalue weighted by molar-refractivity contribution is -0.132. The molecule has 0 radical (unpaired) electrons. The lowest BCUT2D eigenvalue weighted by atomic mass is 10.2. The predicted octanol–water partition coefficient (Wildman–Crippen LogP) is 0.427. The molecule has 2 amide bonds. The number of methoxy groups -OCH3 is 1. The Hall–Kier alpha value is -4.59. The lowest BCUT2D eigenvalue weighted by Gasteiger charge is -2.18. The van der Waals surface area contributed by atoms with Gasteiger partial charge in [-0.05, 0) is 24.3 Å². The van der Waals surface area contributed by atoms with Crippen molar-refractivity contribution in [2.45, 2.75) is 4.90 Å². The molecular weight excluding hydrogens is 460 g/mol. The first-order valence-corrected chi connectivity index (χ1v) is 10.2. The van der Waals surface area contributed by atoms with E-state index in [4.69, 9.17) is 14.9 Å². The molecule has 1 aromatic carbocycles. The van der Waals surface area contributed by atoms with Gasteiger partial charge in [0.15, 0.2) is 0 Å². The van der Waals surface area contributed by atoms with E-state index in [1.807, 2.05) is 0 Å². The van der Waals surface area contributed by atoms with Crippen LogP contribution >= 0.6 is 0 Å². The molecule has 33 heavy (non-hydrogen) atoms. The first-order valence-electron chi connectivity index (χ1n) is 8.72. The van der Waals surface area contributed by atoms with Gasteiger partial charge in [0.2, 0.25) is 5.88 Å². The number of carboxylic acids is 2. The Labute approximate surface area is 186 Å². The van der Waals surface area contributed by atoms with Crippen LogP contribution < -0.4 is 14.4 Å². The SMILES string of the molecule is COc1cc(NS(=O)(=O)c2ccc(N(C(=O)/C=C/C(=O)O)C(=O)/C=C/C(=O)O)cc2)ncn1. The number of sulfonamides is 1. The smallest absolute Gasteiger partial charge is 0.328 e. The number of nitrogens with zero attached hydrogens (tertiary/aromatic N) is 3. The highest BCUT2D eigenvalue weighted by molar-refractivity contribution is 7.92. The molecule has 0 aliphatic carbocycles. The van der Waals surface area contributed by atoms with Gasteiger partial charge in [0.25, 0.3) is 21.8 Å². The minimum atomic E-state index is -4.13. The summed E-state index contributed by atoms with van der Waals surface area (Å²) in [5, 5.41) is 17.4. The number of amides is 2. The maximum Gasteiger partial charge on any atom is 0.328 e. The number of ether oxygens (including phenoxy) is 1. The minimum Gasteiger partial charge on any atom is -0.481 e. The van der Waals surface area contributed by atoms with Crippen molar-refractivity contribution in [2.24, 2.45) is 0 Å². The molecule has 3 N–H and O–H groups in total. The fourth-order valence-corrected chi connectivity index (χ4v) is 3.27. The fraction of sp³-hybridized carbons (Fsp3) is 0.0526. The second-order valence-corrected chi connectivity index (χ2v) is 7.58. The first kappa shape index (κ1) is 24.7. The molecule has 0 unspecified atom stereocenters. The van der Waals surface area contributed by atoms with Crippen LogP contribution in [0.5, 0.6) is 5.88 Å². The second kappa shape index (κ2) is 10.6. The number of rotatable bonds is 9. The highest BCUT2D eigenvalue weighted by Crippen LogP contribution is 2.21. The minimum absolute atomic E-state index is 0.0736. The number of carbonyl (C=O) groups excluding carboxylic acids is 2. The molecule has 2 rings (SSSR count). The molecule has 0 saturated carbocycles. The van der Waals surface area contributed by atoms with E-state index in [0.717, 1.165) is 30.6 Å². The molecule has 13 nitrogen and oxygen atoms in total. The summed E-state index contributed by atoms with van der Waals surface area (Å²) in [4.78, 5) is 53.7. The molecule has 0 aliphatic heterocycles. The van der Waals surface area contributed by atoms with Gasteiger partial charge in [0, 0.05) is 30.4 Å². The number of imide groups is 1. The average molecular weight is 476 g/mol. The zero-order valence-electron chi connectivity index (χ0n) is 16.8. The quantitative estimate of drug-likeness (QED) is 0.425. The van der Waals surface area contributed by atoms with Crippen molar-refractivity contribution in [2.75, 3.05) is 16.7 Å². The van der Waals surface area contributed by atoms with Crippen LogP contribution in [-0.2, 0) is 29.2 Å². The molecule has 2 aromatic rings. The maximum atomic E-state index is 12.6. The largest absolute Gasteiger partial charge is 0.481 e. The Balaban J connectivity index is 2.36. The highest BCUT2D eigenvalue weighted by atomic mass is 32.2. The number of nitrogens with one attached hydrogen (secondary N) is 1. The van der Waals surface area contributed by atoms with E-state index in [1.165, 1.54) is 13.2 Å². The van der Waals surface area contributed by atoms with Crippen LogP contribution in [0.15, 0.2) is 65.9 Å². The summed E-state index contributed by atoms with van der Waals surface area (Å²) in [5.41, 5.74) is -0.141. The third-order valence-corrected chi connectivity index (χ3v) is 5.04. The standard InChI is InChI=1S/C19H16N4O9S/c1-32-15-10-14(20-11-21-15)22-33(30,31)13-4-2-12(3-5-13)23(16(24)6-8-18(26)27)17(25)7-9-19(28)29/h2-11H,1H3,(H,26,27)(H,28,29)(H,20,21,22)/b8-6+,9-7+. The number of aliphatic carboxylic acids is 2. The van der Waals surface area contributed by atoms with Crippen LogP contribution in [0.25, 0.3) is 0 Å². The molecule has 14 heteroatoms. The summed E-state index contributed by atoms with van der Waals surface area (Å²) in [6, 6.07) is 5.60. The van der Waals surface area contributed by atoms with Crippen LogP contribution in [0.1, 0.15) is 0 Å². The number of carbonyl (C=O) groups is 4. The van der Waals surface area contributed by atoms with Gasteiger partial charge in [-0.25, -0.2) is 32.9 Å². The number of carboxylic acid groups (broad SMARTS) is 2. The van der Waals surface area contributed by atoms with E-state index in [2.05, 4.69) is 14.7 Å². The summed E-state index contributed by atoms with van der Waals surface area (Å²) >= 11 is 0. The molecular formula is C19H16N4O9S. The van der Waals surface area contributed by atoms with E-state index >= 15 is 0 Å². The van der Waals surface area contributed by atoms with Crippen LogP contribution in [0.4, 0.5) is 11.5 Å². The highest BCUT2D eigenvalue weighted by Gasteiger charge is 2.22. The van der Waals surface area contributed by atoms with Crippen LogP contribution in [0.3, 0.4) is 0 Å². The van der Waals surface area contributed by atoms with Gasteiger partial charge in [0.05, 0.1) is 17.7 Å². The molecule has 1 aromatic heterocycles. The van der Waals surface area contributed by atoms with Gasteiger partial charge in [-0.1, -0.05) is 0 Å². The fourth-order valence-electron chi connectivity index (χ4n) is 2.28. The third-order valence-electron chi connectivity index (χ3n) is 3.67. The summed E-state index contributed by atoms with van der Waals surface area (Å²) in [7, 11) is -2.79. The van der Waals surface area contributed by atoms with Gasteiger partial charge in [-0.15, -0.1) is 0 Å². The van der Waals surface area contributed by atoms with Crippen molar-refractivity contribution in [3.8, 4) is 5.88 Å². The predicted molar refractivity (Wildman–Crippen MR) is 112 cm³/mol. The van der Waals surface area contributed by atoms with E-state index in [0.29, 0.717) is 29.2 Å². The summed E-state index contributed by atoms with van der Waals surface area (Å²) in [6.07, 6.45) is 3.24. The second-order valence-electron chi connectivity index (χ2n) is 5.90. The maximum absolute atomic E-state index is 12.6. The Kier molecular flexibility index (Phi) is 7.95. The van der Waals surface area contributed by atoms with Gasteiger partial charge < -0.3 is 14.9 Å². The monoisotopic (exact) mass is 476 g/mol. The topological polar surface area (TPSA) is 193 Å². The summed E-state index contributed by atoms with van der Waals surface area (Å²) < 4.78 is 32.3. The molecule has 0 fully saturated rings. The van der Waals surface area contributed by atoms with E-state index in [1.54, 1.807) is 0 Å². The van der Waals surface area contributed by atoms with E-state index in [-0.39, 0.29) is 22.3 Å². The van der Waals surface area contributed by atoms with Crippen molar-refractivity contribution in [3.63, 3.8) is 0 Å². The van der Waals surface area contributed by atoms with Crippen LogP contribution in [0, 0.1) is 0 Å². The molecule has 0 saturated heterocycles. The molecule has 1 heterocycles. The third kappa shape index (κ3) is 6.96. The Bertz CT molecular complexity index is 1200. The molecule has 0 aliphatic rings. The van der Waals surface area contributed by atoms with Crippen molar-refractivity contribution in [1.82, 2.24) is 9.97 Å². The van der Waals surface area contributed by atoms with Crippen molar-refractivity contribution in [1.29, 1.82) is 0 Å².